The van der Waals surface area contributed by atoms with Crippen LogP contribution in [-0.4, -0.2) is 77.2 Å². The summed E-state index contributed by atoms with van der Waals surface area (Å²) < 4.78 is 220. The molecule has 1 heterocycles. The van der Waals surface area contributed by atoms with Crippen molar-refractivity contribution >= 4 is 17.8 Å². The molecule has 2 aliphatic rings. The molecule has 22 heteroatoms. The number of likely N-dealkylation sites (tertiary alicyclic amines) is 1. The van der Waals surface area contributed by atoms with Gasteiger partial charge in [0.15, 0.2) is 6.61 Å². The smallest absolute Gasteiger partial charge is 0.454 e. The second kappa shape index (κ2) is 9.25. The van der Waals surface area contributed by atoms with Gasteiger partial charge in [-0.15, -0.1) is 0 Å². The lowest BCUT2D eigenvalue weighted by atomic mass is 9.75. The molecule has 39 heavy (non-hydrogen) atoms. The number of esters is 1. The van der Waals surface area contributed by atoms with Crippen LogP contribution in [0.25, 0.3) is 0 Å². The lowest BCUT2D eigenvalue weighted by Gasteiger charge is -2.36. The third-order valence-corrected chi connectivity index (χ3v) is 5.51. The Balaban J connectivity index is 2.48. The Kier molecular flexibility index (Phi) is 7.74. The van der Waals surface area contributed by atoms with Crippen LogP contribution in [0.4, 0.5) is 70.2 Å². The standard InChI is InChI=1S/C17H11F16NO5/c18-10(19)3-1-2-6-7(35)34(8(36)14(6,10)26)15(27,17(31,32)33)9(37)38-5-11(20,16(28,29)30)39-13(24,25)4-12(21,22)23/h6H,1-5H2. The van der Waals surface area contributed by atoms with Gasteiger partial charge < -0.3 is 4.74 Å². The van der Waals surface area contributed by atoms with E-state index < -0.39 is 109 Å². The summed E-state index contributed by atoms with van der Waals surface area (Å²) in [4.78, 5) is 34.2. The number of rotatable bonds is 7. The summed E-state index contributed by atoms with van der Waals surface area (Å²) in [5.41, 5.74) is -4.89. The SMILES string of the molecule is O=C1C2CCCC(F)(F)C2(F)C(=O)N1C(F)(C(=O)OCC(F)(OC(F)(F)CC(F)(F)F)C(F)(F)F)C(F)(F)F. The predicted octanol–water partition coefficient (Wildman–Crippen LogP) is 5.06. The van der Waals surface area contributed by atoms with E-state index in [4.69, 9.17) is 0 Å². The number of hydrogen-bond acceptors (Lipinski definition) is 5. The maximum Gasteiger partial charge on any atom is 0.454 e. The van der Waals surface area contributed by atoms with Gasteiger partial charge in [-0.2, -0.15) is 57.1 Å². The Morgan fingerprint density at radius 3 is 1.79 bits per heavy atom. The predicted molar refractivity (Wildman–Crippen MR) is 85.4 cm³/mol. The van der Waals surface area contributed by atoms with Gasteiger partial charge in [0.1, 0.15) is 6.42 Å². The molecule has 2 fully saturated rings. The number of nitrogens with zero attached hydrogens (tertiary/aromatic N) is 1. The average molecular weight is 613 g/mol. The highest BCUT2D eigenvalue weighted by Crippen LogP contribution is 2.56. The molecular formula is C17H11F16NO5. The first-order chi connectivity index (χ1) is 17.1. The largest absolute Gasteiger partial charge is 0.455 e. The normalized spacial score (nSPS) is 27.6. The number of hydrogen-bond donors (Lipinski definition) is 0. The van der Waals surface area contributed by atoms with Gasteiger partial charge in [0.2, 0.25) is 5.91 Å². The molecule has 1 aliphatic carbocycles. The molecular weight excluding hydrogens is 602 g/mol. The number of carbonyl (C=O) groups excluding carboxylic acids is 3. The molecule has 0 aromatic carbocycles. The minimum absolute atomic E-state index is 0.828. The maximum atomic E-state index is 15.1. The van der Waals surface area contributed by atoms with E-state index in [9.17, 15) is 75.8 Å². The highest BCUT2D eigenvalue weighted by molar-refractivity contribution is 6.13. The fourth-order valence-electron chi connectivity index (χ4n) is 3.74. The summed E-state index contributed by atoms with van der Waals surface area (Å²) in [6.07, 6.45) is -33.3. The molecule has 0 spiro atoms. The van der Waals surface area contributed by atoms with E-state index in [1.807, 2.05) is 0 Å². The Labute approximate surface area is 204 Å². The van der Waals surface area contributed by atoms with Crippen molar-refractivity contribution in [2.75, 3.05) is 6.61 Å². The molecule has 2 rings (SSSR count). The van der Waals surface area contributed by atoms with Crippen LogP contribution in [0.1, 0.15) is 25.7 Å². The van der Waals surface area contributed by atoms with Crippen molar-refractivity contribution in [2.24, 2.45) is 5.92 Å². The zero-order chi connectivity index (χ0) is 30.8. The second-order valence-electron chi connectivity index (χ2n) is 8.29. The Bertz CT molecular complexity index is 1010. The van der Waals surface area contributed by atoms with Crippen molar-refractivity contribution in [2.45, 2.75) is 73.6 Å². The third-order valence-electron chi connectivity index (χ3n) is 5.51. The number of imide groups is 1. The van der Waals surface area contributed by atoms with Gasteiger partial charge >= 0.3 is 42.3 Å². The fourth-order valence-corrected chi connectivity index (χ4v) is 3.74. The van der Waals surface area contributed by atoms with Crippen molar-refractivity contribution in [1.82, 2.24) is 4.90 Å². The van der Waals surface area contributed by atoms with Gasteiger partial charge in [-0.25, -0.2) is 22.9 Å². The quantitative estimate of drug-likeness (QED) is 0.174. The summed E-state index contributed by atoms with van der Waals surface area (Å²) in [6.45, 7) is -3.61. The molecule has 4 atom stereocenters. The summed E-state index contributed by atoms with van der Waals surface area (Å²) in [5, 5.41) is 0. The zero-order valence-electron chi connectivity index (χ0n) is 18.1. The van der Waals surface area contributed by atoms with Crippen LogP contribution in [0, 0.1) is 5.92 Å². The monoisotopic (exact) mass is 613 g/mol. The van der Waals surface area contributed by atoms with E-state index in [1.165, 1.54) is 0 Å². The fraction of sp³-hybridized carbons (Fsp3) is 0.824. The lowest BCUT2D eigenvalue weighted by molar-refractivity contribution is -0.428. The Morgan fingerprint density at radius 1 is 0.872 bits per heavy atom. The molecule has 0 radical (unpaired) electrons. The van der Waals surface area contributed by atoms with Gasteiger partial charge in [-0.05, 0) is 12.8 Å². The number of alkyl halides is 16. The topological polar surface area (TPSA) is 72.9 Å². The minimum Gasteiger partial charge on any atom is -0.455 e. The summed E-state index contributed by atoms with van der Waals surface area (Å²) in [7, 11) is 0. The van der Waals surface area contributed by atoms with Crippen LogP contribution in [0.3, 0.4) is 0 Å². The molecule has 4 unspecified atom stereocenters. The first-order valence-corrected chi connectivity index (χ1v) is 9.86. The van der Waals surface area contributed by atoms with Gasteiger partial charge in [0.25, 0.3) is 17.5 Å². The number of carbonyl (C=O) groups is 3. The minimum atomic E-state index is -7.03. The van der Waals surface area contributed by atoms with E-state index in [2.05, 4.69) is 9.47 Å². The second-order valence-corrected chi connectivity index (χ2v) is 8.29. The third kappa shape index (κ3) is 5.43. The number of fused-ring (bicyclic) bond motifs is 1. The molecule has 226 valence electrons. The molecule has 1 saturated heterocycles. The van der Waals surface area contributed by atoms with E-state index in [1.54, 1.807) is 0 Å². The van der Waals surface area contributed by atoms with Crippen LogP contribution >= 0.6 is 0 Å². The average Bonchev–Trinajstić information content (AvgIpc) is 2.89. The van der Waals surface area contributed by atoms with E-state index in [0.717, 1.165) is 0 Å². The van der Waals surface area contributed by atoms with Crippen LogP contribution in [0.2, 0.25) is 0 Å². The Morgan fingerprint density at radius 2 is 1.38 bits per heavy atom. The Hall–Kier alpha value is -2.55. The molecule has 0 aromatic heterocycles. The highest BCUT2D eigenvalue weighted by Gasteiger charge is 2.82. The van der Waals surface area contributed by atoms with Crippen molar-refractivity contribution in [3.05, 3.63) is 0 Å². The van der Waals surface area contributed by atoms with Gasteiger partial charge in [0, 0.05) is 6.42 Å². The van der Waals surface area contributed by atoms with E-state index >= 15 is 8.78 Å². The van der Waals surface area contributed by atoms with Crippen molar-refractivity contribution in [1.29, 1.82) is 0 Å². The van der Waals surface area contributed by atoms with E-state index in [0.29, 0.717) is 0 Å². The molecule has 2 amide bonds. The van der Waals surface area contributed by atoms with Gasteiger partial charge in [0.05, 0.1) is 5.92 Å². The van der Waals surface area contributed by atoms with Gasteiger partial charge in [-0.3, -0.25) is 14.3 Å². The van der Waals surface area contributed by atoms with E-state index in [-0.39, 0.29) is 0 Å². The summed E-state index contributed by atoms with van der Waals surface area (Å²) >= 11 is 0. The molecule has 0 aromatic rings. The van der Waals surface area contributed by atoms with Crippen molar-refractivity contribution < 1.29 is 94.1 Å². The van der Waals surface area contributed by atoms with Crippen LogP contribution < -0.4 is 0 Å². The molecule has 6 nitrogen and oxygen atoms in total. The van der Waals surface area contributed by atoms with Crippen molar-refractivity contribution in [3.63, 3.8) is 0 Å². The first-order valence-electron chi connectivity index (χ1n) is 9.86. The summed E-state index contributed by atoms with van der Waals surface area (Å²) in [6, 6.07) is 0. The highest BCUT2D eigenvalue weighted by atomic mass is 19.4. The van der Waals surface area contributed by atoms with Crippen LogP contribution in [-0.2, 0) is 23.9 Å². The zero-order valence-corrected chi connectivity index (χ0v) is 18.1. The van der Waals surface area contributed by atoms with Crippen molar-refractivity contribution in [3.8, 4) is 0 Å². The molecule has 0 N–H and O–H groups in total. The number of halogens is 16. The molecule has 1 saturated carbocycles. The summed E-state index contributed by atoms with van der Waals surface area (Å²) in [5.74, 6) is -30.8. The first kappa shape index (κ1) is 32.7. The number of amides is 2. The molecule has 1 aliphatic heterocycles. The maximum absolute atomic E-state index is 15.1. The number of ether oxygens (including phenoxy) is 2. The lowest BCUT2D eigenvalue weighted by Crippen LogP contribution is -2.66. The van der Waals surface area contributed by atoms with Crippen LogP contribution in [0.15, 0.2) is 0 Å². The van der Waals surface area contributed by atoms with Crippen LogP contribution in [0.5, 0.6) is 0 Å². The van der Waals surface area contributed by atoms with Gasteiger partial charge in [-0.1, -0.05) is 0 Å². The molecule has 0 bridgehead atoms.